The van der Waals surface area contributed by atoms with Crippen molar-refractivity contribution in [3.8, 4) is 11.5 Å². The van der Waals surface area contributed by atoms with Gasteiger partial charge in [0, 0.05) is 13.0 Å². The maximum absolute atomic E-state index is 12.9. The topological polar surface area (TPSA) is 159 Å². The average Bonchev–Trinajstić information content (AvgIpc) is 3.69. The van der Waals surface area contributed by atoms with Gasteiger partial charge in [-0.2, -0.15) is 4.98 Å². The molecule has 3 aromatic carbocycles. The largest absolute Gasteiger partial charge is 0.497 e. The first-order valence-electron chi connectivity index (χ1n) is 15.8. The van der Waals surface area contributed by atoms with E-state index in [2.05, 4.69) is 20.3 Å². The van der Waals surface area contributed by atoms with Crippen LogP contribution in [0.15, 0.2) is 90.0 Å². The number of aromatic nitrogens is 4. The van der Waals surface area contributed by atoms with Gasteiger partial charge in [-0.05, 0) is 41.0 Å². The third-order valence-corrected chi connectivity index (χ3v) is 8.69. The molecule has 256 valence electrons. The number of aromatic amines is 1. The van der Waals surface area contributed by atoms with Crippen LogP contribution in [0.5, 0.6) is 11.5 Å². The minimum atomic E-state index is -1.15. The number of H-pyrrole nitrogens is 1. The van der Waals surface area contributed by atoms with Crippen LogP contribution in [-0.4, -0.2) is 76.8 Å². The Labute approximate surface area is 282 Å². The summed E-state index contributed by atoms with van der Waals surface area (Å²) < 4.78 is 31.6. The first-order chi connectivity index (χ1) is 23.7. The number of nitrogens with one attached hydrogen (secondary N) is 2. The molecule has 1 aliphatic heterocycles. The third kappa shape index (κ3) is 6.41. The van der Waals surface area contributed by atoms with Crippen molar-refractivity contribution in [2.24, 2.45) is 5.92 Å². The monoisotopic (exact) mass is 669 g/mol. The lowest BCUT2D eigenvalue weighted by molar-refractivity contribution is -0.118. The molecule has 49 heavy (non-hydrogen) atoms. The number of ether oxygens (including phenoxy) is 5. The minimum Gasteiger partial charge on any atom is -0.497 e. The van der Waals surface area contributed by atoms with Crippen LogP contribution in [0.25, 0.3) is 11.2 Å². The van der Waals surface area contributed by atoms with E-state index in [1.165, 1.54) is 18.0 Å². The number of hydrogen-bond donors (Lipinski definition) is 3. The van der Waals surface area contributed by atoms with Gasteiger partial charge >= 0.3 is 0 Å². The number of anilines is 1. The molecule has 4 unspecified atom stereocenters. The molecule has 1 fully saturated rings. The predicted molar refractivity (Wildman–Crippen MR) is 181 cm³/mol. The summed E-state index contributed by atoms with van der Waals surface area (Å²) in [4.78, 5) is 36.5. The predicted octanol–water partition coefficient (Wildman–Crippen LogP) is 4.01. The highest BCUT2D eigenvalue weighted by molar-refractivity contribution is 5.91. The van der Waals surface area contributed by atoms with E-state index in [-0.39, 0.29) is 35.5 Å². The van der Waals surface area contributed by atoms with Gasteiger partial charge in [-0.3, -0.25) is 24.5 Å². The van der Waals surface area contributed by atoms with Crippen LogP contribution in [0.3, 0.4) is 0 Å². The number of fused-ring (bicyclic) bond motifs is 1. The van der Waals surface area contributed by atoms with Crippen LogP contribution < -0.4 is 20.3 Å². The second-order valence-electron chi connectivity index (χ2n) is 12.0. The maximum Gasteiger partial charge on any atom is 0.280 e. The summed E-state index contributed by atoms with van der Waals surface area (Å²) in [5.74, 6) is 0.692. The van der Waals surface area contributed by atoms with Gasteiger partial charge in [0.2, 0.25) is 11.9 Å². The highest BCUT2D eigenvalue weighted by atomic mass is 16.6. The molecular formula is C36H39N5O8. The molecular weight excluding hydrogens is 630 g/mol. The lowest BCUT2D eigenvalue weighted by Crippen LogP contribution is -2.40. The molecule has 1 saturated heterocycles. The lowest BCUT2D eigenvalue weighted by Gasteiger charge is -2.37. The van der Waals surface area contributed by atoms with Crippen molar-refractivity contribution in [2.75, 3.05) is 33.3 Å². The smallest absolute Gasteiger partial charge is 0.280 e. The molecule has 2 aromatic heterocycles. The average molecular weight is 670 g/mol. The van der Waals surface area contributed by atoms with E-state index in [4.69, 9.17) is 23.7 Å². The fourth-order valence-corrected chi connectivity index (χ4v) is 6.05. The minimum absolute atomic E-state index is 0.0306. The number of aliphatic hydroxyl groups is 1. The number of rotatable bonds is 12. The summed E-state index contributed by atoms with van der Waals surface area (Å²) in [6.45, 7) is 3.39. The number of nitrogens with zero attached hydrogens (tertiary/aromatic N) is 3. The number of imidazole rings is 1. The summed E-state index contributed by atoms with van der Waals surface area (Å²) in [6.07, 6.45) is -2.44. The standard InChI is InChI=1S/C36H39N5O8/c1-21(2)32(43)39-35-38-31-28(33(44)40-35)37-20-41(31)34-30(47-5)29(42)27(49-34)19-48-36(22-9-7-6-8-10-22,23-11-15-25(45-3)16-12-23)24-13-17-26(46-4)18-14-24/h6-18,20-21,27,29-30,34,42H,19H2,1-5H3,(H2,38,39,40,43,44). The van der Waals surface area contributed by atoms with Gasteiger partial charge in [-0.15, -0.1) is 0 Å². The highest BCUT2D eigenvalue weighted by Crippen LogP contribution is 2.43. The van der Waals surface area contributed by atoms with E-state index >= 15 is 0 Å². The Bertz CT molecular complexity index is 1900. The van der Waals surface area contributed by atoms with Crippen molar-refractivity contribution in [1.29, 1.82) is 0 Å². The molecule has 6 rings (SSSR count). The van der Waals surface area contributed by atoms with E-state index in [1.54, 1.807) is 28.1 Å². The Kier molecular flexibility index (Phi) is 9.79. The Morgan fingerprint density at radius 2 is 1.55 bits per heavy atom. The number of carbonyl (C=O) groups excluding carboxylic acids is 1. The molecule has 3 N–H and O–H groups in total. The Morgan fingerprint density at radius 1 is 0.959 bits per heavy atom. The summed E-state index contributed by atoms with van der Waals surface area (Å²) in [7, 11) is 4.68. The molecule has 0 aliphatic carbocycles. The van der Waals surface area contributed by atoms with Crippen LogP contribution in [0.4, 0.5) is 5.95 Å². The summed E-state index contributed by atoms with van der Waals surface area (Å²) in [5.41, 5.74) is 0.980. The summed E-state index contributed by atoms with van der Waals surface area (Å²) in [6, 6.07) is 25.0. The fourth-order valence-electron chi connectivity index (χ4n) is 6.05. The number of benzene rings is 3. The molecule has 0 bridgehead atoms. The number of amides is 1. The van der Waals surface area contributed by atoms with Crippen LogP contribution in [0.1, 0.15) is 36.8 Å². The van der Waals surface area contributed by atoms with Gasteiger partial charge in [-0.25, -0.2) is 4.98 Å². The zero-order valence-electron chi connectivity index (χ0n) is 27.8. The molecule has 0 saturated carbocycles. The van der Waals surface area contributed by atoms with E-state index in [1.807, 2.05) is 78.9 Å². The molecule has 13 nitrogen and oxygen atoms in total. The third-order valence-electron chi connectivity index (χ3n) is 8.69. The highest BCUT2D eigenvalue weighted by Gasteiger charge is 2.48. The zero-order valence-corrected chi connectivity index (χ0v) is 27.8. The number of carbonyl (C=O) groups is 1. The van der Waals surface area contributed by atoms with Gasteiger partial charge < -0.3 is 28.8 Å². The van der Waals surface area contributed by atoms with Crippen LogP contribution in [0.2, 0.25) is 0 Å². The van der Waals surface area contributed by atoms with Crippen molar-refractivity contribution in [1.82, 2.24) is 19.5 Å². The van der Waals surface area contributed by atoms with Gasteiger partial charge in [0.15, 0.2) is 17.4 Å². The molecule has 13 heteroatoms. The quantitative estimate of drug-likeness (QED) is 0.166. The normalized spacial score (nSPS) is 19.3. The summed E-state index contributed by atoms with van der Waals surface area (Å²) >= 11 is 0. The van der Waals surface area contributed by atoms with Gasteiger partial charge in [0.05, 0.1) is 27.2 Å². The first-order valence-corrected chi connectivity index (χ1v) is 15.8. The molecule has 4 atom stereocenters. The van der Waals surface area contributed by atoms with Crippen molar-refractivity contribution in [2.45, 2.75) is 44.0 Å². The Morgan fingerprint density at radius 3 is 2.10 bits per heavy atom. The number of aliphatic hydroxyl groups excluding tert-OH is 1. The lowest BCUT2D eigenvalue weighted by atomic mass is 9.80. The van der Waals surface area contributed by atoms with Crippen molar-refractivity contribution in [3.63, 3.8) is 0 Å². The maximum atomic E-state index is 12.9. The van der Waals surface area contributed by atoms with Crippen LogP contribution >= 0.6 is 0 Å². The fraction of sp³-hybridized carbons (Fsp3) is 0.333. The van der Waals surface area contributed by atoms with Crippen molar-refractivity contribution < 1.29 is 33.6 Å². The van der Waals surface area contributed by atoms with E-state index in [9.17, 15) is 14.7 Å². The van der Waals surface area contributed by atoms with E-state index < -0.39 is 35.7 Å². The SMILES string of the molecule is COc1ccc(C(OCC2OC(n3cnc4c(=O)[nH]c(NC(=O)C(C)C)nc43)C(OC)C2O)(c2ccccc2)c2ccc(OC)cc2)cc1. The molecule has 5 aromatic rings. The van der Waals surface area contributed by atoms with Gasteiger partial charge in [-0.1, -0.05) is 68.4 Å². The Balaban J connectivity index is 1.38. The van der Waals surface area contributed by atoms with Crippen molar-refractivity contribution >= 4 is 23.0 Å². The van der Waals surface area contributed by atoms with Crippen molar-refractivity contribution in [3.05, 3.63) is 112 Å². The number of methoxy groups -OCH3 is 3. The zero-order chi connectivity index (χ0) is 34.7. The van der Waals surface area contributed by atoms with Crippen LogP contribution in [0, 0.1) is 5.92 Å². The van der Waals surface area contributed by atoms with Gasteiger partial charge in [0.25, 0.3) is 5.56 Å². The molecule has 1 amide bonds. The van der Waals surface area contributed by atoms with E-state index in [0.29, 0.717) is 11.5 Å². The molecule has 3 heterocycles. The molecule has 0 spiro atoms. The van der Waals surface area contributed by atoms with E-state index in [0.717, 1.165) is 16.7 Å². The molecule has 1 aliphatic rings. The second-order valence-corrected chi connectivity index (χ2v) is 12.0. The number of hydrogen-bond acceptors (Lipinski definition) is 10. The Hall–Kier alpha value is -5.08. The summed E-state index contributed by atoms with van der Waals surface area (Å²) in [5, 5.41) is 14.2. The molecule has 0 radical (unpaired) electrons. The van der Waals surface area contributed by atoms with Gasteiger partial charge in [0.1, 0.15) is 35.4 Å². The van der Waals surface area contributed by atoms with Crippen LogP contribution in [-0.2, 0) is 24.6 Å². The second kappa shape index (κ2) is 14.2. The first kappa shape index (κ1) is 33.8.